The Bertz CT molecular complexity index is 471. The standard InChI is InChI=1S/C14H21N3OS/c1-9-6-17(7-10(2)16(9)3)14-15-13(11-4-5-11)12(8-18)19-14/h8-11H,4-7H2,1-3H3. The second-order valence-electron chi connectivity index (χ2n) is 5.91. The summed E-state index contributed by atoms with van der Waals surface area (Å²) in [5.74, 6) is 0.549. The quantitative estimate of drug-likeness (QED) is 0.796. The fraction of sp³-hybridized carbons (Fsp3) is 0.714. The lowest BCUT2D eigenvalue weighted by atomic mass is 10.1. The molecule has 3 rings (SSSR count). The first-order valence-corrected chi connectivity index (χ1v) is 7.84. The monoisotopic (exact) mass is 279 g/mol. The Morgan fingerprint density at radius 1 is 1.26 bits per heavy atom. The van der Waals surface area contributed by atoms with Crippen LogP contribution in [0.25, 0.3) is 0 Å². The number of rotatable bonds is 3. The summed E-state index contributed by atoms with van der Waals surface area (Å²) < 4.78 is 0. The molecule has 2 unspecified atom stereocenters. The summed E-state index contributed by atoms with van der Waals surface area (Å²) in [4.78, 5) is 21.5. The maximum absolute atomic E-state index is 11.2. The van der Waals surface area contributed by atoms with E-state index in [-0.39, 0.29) is 0 Å². The van der Waals surface area contributed by atoms with Gasteiger partial charge in [-0.05, 0) is 33.7 Å². The molecule has 1 saturated heterocycles. The molecule has 2 atom stereocenters. The van der Waals surface area contributed by atoms with Gasteiger partial charge >= 0.3 is 0 Å². The molecule has 0 N–H and O–H groups in total. The van der Waals surface area contributed by atoms with Gasteiger partial charge in [-0.1, -0.05) is 11.3 Å². The number of hydrogen-bond acceptors (Lipinski definition) is 5. The average Bonchev–Trinajstić information content (AvgIpc) is 3.14. The first-order chi connectivity index (χ1) is 9.10. The molecule has 4 nitrogen and oxygen atoms in total. The number of piperazine rings is 1. The number of carbonyl (C=O) groups excluding carboxylic acids is 1. The highest BCUT2D eigenvalue weighted by molar-refractivity contribution is 7.17. The molecule has 19 heavy (non-hydrogen) atoms. The fourth-order valence-corrected chi connectivity index (χ4v) is 3.74. The average molecular weight is 279 g/mol. The summed E-state index contributed by atoms with van der Waals surface area (Å²) >= 11 is 1.57. The lowest BCUT2D eigenvalue weighted by molar-refractivity contribution is 0.112. The first-order valence-electron chi connectivity index (χ1n) is 7.03. The van der Waals surface area contributed by atoms with Gasteiger partial charge in [-0.3, -0.25) is 9.69 Å². The molecule has 5 heteroatoms. The molecule has 0 bridgehead atoms. The van der Waals surface area contributed by atoms with Gasteiger partial charge in [0.15, 0.2) is 11.4 Å². The van der Waals surface area contributed by atoms with Crippen molar-refractivity contribution in [3.63, 3.8) is 0 Å². The zero-order valence-corrected chi connectivity index (χ0v) is 12.6. The van der Waals surface area contributed by atoms with Crippen molar-refractivity contribution in [1.82, 2.24) is 9.88 Å². The number of thiazole rings is 1. The zero-order chi connectivity index (χ0) is 13.6. The zero-order valence-electron chi connectivity index (χ0n) is 11.8. The van der Waals surface area contributed by atoms with Crippen LogP contribution < -0.4 is 4.90 Å². The molecule has 0 aromatic carbocycles. The van der Waals surface area contributed by atoms with E-state index in [1.807, 2.05) is 0 Å². The molecule has 1 aromatic rings. The van der Waals surface area contributed by atoms with Crippen LogP contribution in [0.3, 0.4) is 0 Å². The van der Waals surface area contributed by atoms with Crippen molar-refractivity contribution in [1.29, 1.82) is 0 Å². The third-order valence-corrected chi connectivity index (χ3v) is 5.43. The highest BCUT2D eigenvalue weighted by Gasteiger charge is 2.33. The van der Waals surface area contributed by atoms with E-state index in [9.17, 15) is 4.79 Å². The Morgan fingerprint density at radius 3 is 2.42 bits per heavy atom. The number of anilines is 1. The van der Waals surface area contributed by atoms with Crippen molar-refractivity contribution < 1.29 is 4.79 Å². The second-order valence-corrected chi connectivity index (χ2v) is 6.92. The lowest BCUT2D eigenvalue weighted by Crippen LogP contribution is -2.55. The summed E-state index contributed by atoms with van der Waals surface area (Å²) in [5, 5.41) is 1.04. The van der Waals surface area contributed by atoms with Gasteiger partial charge in [0, 0.05) is 31.1 Å². The van der Waals surface area contributed by atoms with Crippen LogP contribution in [-0.2, 0) is 0 Å². The number of carbonyl (C=O) groups is 1. The molecule has 1 saturated carbocycles. The maximum Gasteiger partial charge on any atom is 0.186 e. The van der Waals surface area contributed by atoms with Gasteiger partial charge < -0.3 is 4.90 Å². The van der Waals surface area contributed by atoms with Crippen LogP contribution in [0.2, 0.25) is 0 Å². The second kappa shape index (κ2) is 4.87. The van der Waals surface area contributed by atoms with Gasteiger partial charge in [0.25, 0.3) is 0 Å². The minimum Gasteiger partial charge on any atom is -0.345 e. The Balaban J connectivity index is 1.84. The van der Waals surface area contributed by atoms with Crippen LogP contribution in [0.5, 0.6) is 0 Å². The topological polar surface area (TPSA) is 36.4 Å². The van der Waals surface area contributed by atoms with Crippen molar-refractivity contribution in [2.24, 2.45) is 0 Å². The van der Waals surface area contributed by atoms with E-state index >= 15 is 0 Å². The Labute approximate surface area is 118 Å². The Hall–Kier alpha value is -0.940. The van der Waals surface area contributed by atoms with Crippen LogP contribution in [0.15, 0.2) is 0 Å². The molecular weight excluding hydrogens is 258 g/mol. The largest absolute Gasteiger partial charge is 0.345 e. The molecule has 0 spiro atoms. The van der Waals surface area contributed by atoms with Crippen molar-refractivity contribution in [2.45, 2.75) is 44.7 Å². The van der Waals surface area contributed by atoms with Crippen LogP contribution in [0.1, 0.15) is 48.0 Å². The van der Waals surface area contributed by atoms with Gasteiger partial charge in [0.1, 0.15) is 0 Å². The minimum absolute atomic E-state index is 0.525. The Kier molecular flexibility index (Phi) is 3.35. The molecule has 1 aliphatic carbocycles. The smallest absolute Gasteiger partial charge is 0.186 e. The van der Waals surface area contributed by atoms with Crippen molar-refractivity contribution >= 4 is 22.8 Å². The number of likely N-dealkylation sites (N-methyl/N-ethyl adjacent to an activating group) is 1. The molecule has 2 fully saturated rings. The van der Waals surface area contributed by atoms with Gasteiger partial charge in [0.05, 0.1) is 10.6 Å². The van der Waals surface area contributed by atoms with Crippen molar-refractivity contribution in [2.75, 3.05) is 25.0 Å². The predicted molar refractivity (Wildman–Crippen MR) is 78.4 cm³/mol. The van der Waals surface area contributed by atoms with E-state index in [1.54, 1.807) is 11.3 Å². The predicted octanol–water partition coefficient (Wildman–Crippen LogP) is 2.36. The first kappa shape index (κ1) is 13.1. The lowest BCUT2D eigenvalue weighted by Gasteiger charge is -2.42. The molecule has 104 valence electrons. The van der Waals surface area contributed by atoms with Crippen molar-refractivity contribution in [3.8, 4) is 0 Å². The molecule has 1 aliphatic heterocycles. The van der Waals surface area contributed by atoms with Gasteiger partial charge in [0.2, 0.25) is 0 Å². The summed E-state index contributed by atoms with van der Waals surface area (Å²) in [6.45, 7) is 6.49. The highest BCUT2D eigenvalue weighted by atomic mass is 32.1. The third kappa shape index (κ3) is 2.41. The van der Waals surface area contributed by atoms with E-state index in [4.69, 9.17) is 4.98 Å². The van der Waals surface area contributed by atoms with E-state index in [1.165, 1.54) is 12.8 Å². The van der Waals surface area contributed by atoms with Crippen LogP contribution >= 0.6 is 11.3 Å². The fourth-order valence-electron chi connectivity index (χ4n) is 2.76. The van der Waals surface area contributed by atoms with E-state index in [2.05, 4.69) is 30.7 Å². The summed E-state index contributed by atoms with van der Waals surface area (Å²) in [5.41, 5.74) is 1.05. The van der Waals surface area contributed by atoms with Gasteiger partial charge in [-0.25, -0.2) is 4.98 Å². The van der Waals surface area contributed by atoms with Gasteiger partial charge in [-0.2, -0.15) is 0 Å². The Morgan fingerprint density at radius 2 is 1.89 bits per heavy atom. The van der Waals surface area contributed by atoms with E-state index in [0.717, 1.165) is 35.1 Å². The van der Waals surface area contributed by atoms with E-state index in [0.29, 0.717) is 18.0 Å². The number of aromatic nitrogens is 1. The highest BCUT2D eigenvalue weighted by Crippen LogP contribution is 2.43. The van der Waals surface area contributed by atoms with Crippen molar-refractivity contribution in [3.05, 3.63) is 10.6 Å². The molecular formula is C14H21N3OS. The van der Waals surface area contributed by atoms with E-state index < -0.39 is 0 Å². The molecule has 0 amide bonds. The normalized spacial score (nSPS) is 28.7. The third-order valence-electron chi connectivity index (χ3n) is 4.37. The summed E-state index contributed by atoms with van der Waals surface area (Å²) in [7, 11) is 2.18. The maximum atomic E-state index is 11.2. The van der Waals surface area contributed by atoms with Crippen LogP contribution in [0, 0.1) is 0 Å². The van der Waals surface area contributed by atoms with Crippen LogP contribution in [-0.4, -0.2) is 48.4 Å². The summed E-state index contributed by atoms with van der Waals surface area (Å²) in [6, 6.07) is 1.05. The molecule has 2 heterocycles. The van der Waals surface area contributed by atoms with Crippen LogP contribution in [0.4, 0.5) is 5.13 Å². The number of nitrogens with zero attached hydrogens (tertiary/aromatic N) is 3. The number of aldehydes is 1. The summed E-state index contributed by atoms with van der Waals surface area (Å²) in [6.07, 6.45) is 3.37. The van der Waals surface area contributed by atoms with Gasteiger partial charge in [-0.15, -0.1) is 0 Å². The molecule has 0 radical (unpaired) electrons. The minimum atomic E-state index is 0.525. The SMILES string of the molecule is CC1CN(c2nc(C3CC3)c(C=O)s2)CC(C)N1C. The number of hydrogen-bond donors (Lipinski definition) is 0. The molecule has 1 aromatic heterocycles. The molecule has 2 aliphatic rings.